The minimum Gasteiger partial charge on any atom is -0.358 e. The van der Waals surface area contributed by atoms with Gasteiger partial charge in [0.2, 0.25) is 11.8 Å². The molecule has 0 fully saturated rings. The Bertz CT molecular complexity index is 401. The minimum absolute atomic E-state index is 0.117. The van der Waals surface area contributed by atoms with E-state index in [0.717, 1.165) is 0 Å². The number of amides is 2. The van der Waals surface area contributed by atoms with Gasteiger partial charge in [-0.3, -0.25) is 14.3 Å². The minimum atomic E-state index is -0.530. The molecule has 1 unspecified atom stereocenters. The standard InChI is InChI=1S/C10H17N5O2/c1-3-8(11)10(17)14-7-4-13-15(5-7)6-9(16)12-2/h4-5,8H,3,6,11H2,1-2H3,(H,12,16)(H,14,17). The summed E-state index contributed by atoms with van der Waals surface area (Å²) in [4.78, 5) is 22.6. The number of nitrogens with two attached hydrogens (primary N) is 1. The maximum Gasteiger partial charge on any atom is 0.241 e. The van der Waals surface area contributed by atoms with Crippen LogP contribution in [0.1, 0.15) is 13.3 Å². The Kier molecular flexibility index (Phi) is 4.65. The van der Waals surface area contributed by atoms with E-state index in [2.05, 4.69) is 15.7 Å². The number of carbonyl (C=O) groups is 2. The van der Waals surface area contributed by atoms with E-state index >= 15 is 0 Å². The highest BCUT2D eigenvalue weighted by Gasteiger charge is 2.12. The molecule has 0 saturated heterocycles. The SMILES string of the molecule is CCC(N)C(=O)Nc1cnn(CC(=O)NC)c1. The van der Waals surface area contributed by atoms with Crippen molar-refractivity contribution in [1.82, 2.24) is 15.1 Å². The summed E-state index contributed by atoms with van der Waals surface area (Å²) in [5.74, 6) is -0.414. The van der Waals surface area contributed by atoms with Crippen LogP contribution in [0, 0.1) is 0 Å². The highest BCUT2D eigenvalue weighted by molar-refractivity contribution is 5.94. The molecule has 0 aliphatic carbocycles. The Hall–Kier alpha value is -1.89. The summed E-state index contributed by atoms with van der Waals surface area (Å²) in [6, 6.07) is -0.530. The first-order valence-electron chi connectivity index (χ1n) is 5.36. The van der Waals surface area contributed by atoms with E-state index < -0.39 is 6.04 Å². The zero-order chi connectivity index (χ0) is 12.8. The van der Waals surface area contributed by atoms with Crippen molar-refractivity contribution in [3.63, 3.8) is 0 Å². The molecule has 1 rings (SSSR count). The zero-order valence-electron chi connectivity index (χ0n) is 9.93. The highest BCUT2D eigenvalue weighted by atomic mass is 16.2. The molecular formula is C10H17N5O2. The van der Waals surface area contributed by atoms with Gasteiger partial charge in [0.1, 0.15) is 6.54 Å². The summed E-state index contributed by atoms with van der Waals surface area (Å²) < 4.78 is 1.44. The van der Waals surface area contributed by atoms with Gasteiger partial charge < -0.3 is 16.4 Å². The van der Waals surface area contributed by atoms with Gasteiger partial charge in [0.15, 0.2) is 0 Å². The molecule has 0 spiro atoms. The quantitative estimate of drug-likeness (QED) is 0.632. The predicted molar refractivity (Wildman–Crippen MR) is 63.2 cm³/mol. The first-order chi connectivity index (χ1) is 8.06. The van der Waals surface area contributed by atoms with Crippen molar-refractivity contribution in [2.45, 2.75) is 25.9 Å². The second-order valence-corrected chi connectivity index (χ2v) is 3.60. The largest absolute Gasteiger partial charge is 0.358 e. The van der Waals surface area contributed by atoms with Gasteiger partial charge in [-0.1, -0.05) is 6.92 Å². The van der Waals surface area contributed by atoms with Gasteiger partial charge in [0.05, 0.1) is 17.9 Å². The van der Waals surface area contributed by atoms with Crippen molar-refractivity contribution in [3.8, 4) is 0 Å². The lowest BCUT2D eigenvalue weighted by Crippen LogP contribution is -2.34. The summed E-state index contributed by atoms with van der Waals surface area (Å²) in [7, 11) is 1.55. The van der Waals surface area contributed by atoms with Crippen LogP contribution in [0.3, 0.4) is 0 Å². The molecule has 1 aromatic heterocycles. The Labute approximate surface area is 99.4 Å². The molecule has 0 aromatic carbocycles. The van der Waals surface area contributed by atoms with E-state index in [9.17, 15) is 9.59 Å². The van der Waals surface area contributed by atoms with Gasteiger partial charge in [-0.15, -0.1) is 0 Å². The van der Waals surface area contributed by atoms with Gasteiger partial charge in [0.25, 0.3) is 0 Å². The van der Waals surface area contributed by atoms with E-state index in [1.54, 1.807) is 13.2 Å². The van der Waals surface area contributed by atoms with Gasteiger partial charge in [-0.2, -0.15) is 5.10 Å². The zero-order valence-corrected chi connectivity index (χ0v) is 9.93. The number of aromatic nitrogens is 2. The van der Waals surface area contributed by atoms with Crippen molar-refractivity contribution in [2.24, 2.45) is 5.73 Å². The monoisotopic (exact) mass is 239 g/mol. The third-order valence-electron chi connectivity index (χ3n) is 2.26. The molecular weight excluding hydrogens is 222 g/mol. The van der Waals surface area contributed by atoms with Crippen LogP contribution < -0.4 is 16.4 Å². The lowest BCUT2D eigenvalue weighted by atomic mass is 10.2. The lowest BCUT2D eigenvalue weighted by Gasteiger charge is -2.07. The van der Waals surface area contributed by atoms with Gasteiger partial charge >= 0.3 is 0 Å². The molecule has 7 heteroatoms. The third kappa shape index (κ3) is 3.87. The highest BCUT2D eigenvalue weighted by Crippen LogP contribution is 2.05. The second kappa shape index (κ2) is 6.00. The van der Waals surface area contributed by atoms with E-state index in [-0.39, 0.29) is 18.4 Å². The maximum atomic E-state index is 11.5. The topological polar surface area (TPSA) is 102 Å². The summed E-state index contributed by atoms with van der Waals surface area (Å²) in [6.45, 7) is 1.95. The molecule has 1 atom stereocenters. The van der Waals surface area contributed by atoms with Gasteiger partial charge in [-0.05, 0) is 6.42 Å². The summed E-state index contributed by atoms with van der Waals surface area (Å²) in [6.07, 6.45) is 3.62. The normalized spacial score (nSPS) is 11.9. The number of hydrogen-bond donors (Lipinski definition) is 3. The number of rotatable bonds is 5. The van der Waals surface area contributed by atoms with Crippen LogP contribution in [0.4, 0.5) is 5.69 Å². The number of nitrogens with zero attached hydrogens (tertiary/aromatic N) is 2. The Balaban J connectivity index is 2.56. The van der Waals surface area contributed by atoms with Crippen LogP contribution in [-0.4, -0.2) is 34.7 Å². The first-order valence-corrected chi connectivity index (χ1v) is 5.36. The summed E-state index contributed by atoms with van der Waals surface area (Å²) in [5.41, 5.74) is 6.10. The molecule has 0 aliphatic heterocycles. The number of carbonyl (C=O) groups excluding carboxylic acids is 2. The molecule has 1 aromatic rings. The number of nitrogens with one attached hydrogen (secondary N) is 2. The van der Waals surface area contributed by atoms with E-state index in [1.807, 2.05) is 6.92 Å². The molecule has 7 nitrogen and oxygen atoms in total. The van der Waals surface area contributed by atoms with Crippen molar-refractivity contribution in [2.75, 3.05) is 12.4 Å². The summed E-state index contributed by atoms with van der Waals surface area (Å²) in [5, 5.41) is 9.05. The van der Waals surface area contributed by atoms with Crippen molar-refractivity contribution in [3.05, 3.63) is 12.4 Å². The average molecular weight is 239 g/mol. The predicted octanol–water partition coefficient (Wildman–Crippen LogP) is -0.695. The molecule has 0 bridgehead atoms. The fourth-order valence-electron chi connectivity index (χ4n) is 1.16. The average Bonchev–Trinajstić information content (AvgIpc) is 2.75. The molecule has 17 heavy (non-hydrogen) atoms. The number of likely N-dealkylation sites (N-methyl/N-ethyl adjacent to an activating group) is 1. The molecule has 0 radical (unpaired) electrons. The van der Waals surface area contributed by atoms with Crippen LogP contribution in [0.5, 0.6) is 0 Å². The van der Waals surface area contributed by atoms with Crippen molar-refractivity contribution in [1.29, 1.82) is 0 Å². The molecule has 2 amide bonds. The lowest BCUT2D eigenvalue weighted by molar-refractivity contribution is -0.121. The van der Waals surface area contributed by atoms with Crippen LogP contribution in [0.25, 0.3) is 0 Å². The molecule has 1 heterocycles. The van der Waals surface area contributed by atoms with E-state index in [0.29, 0.717) is 12.1 Å². The Morgan fingerprint density at radius 3 is 2.88 bits per heavy atom. The summed E-state index contributed by atoms with van der Waals surface area (Å²) >= 11 is 0. The van der Waals surface area contributed by atoms with Gasteiger partial charge in [-0.25, -0.2) is 0 Å². The van der Waals surface area contributed by atoms with Crippen molar-refractivity contribution >= 4 is 17.5 Å². The molecule has 94 valence electrons. The number of hydrogen-bond acceptors (Lipinski definition) is 4. The molecule has 4 N–H and O–H groups in total. The smallest absolute Gasteiger partial charge is 0.241 e. The van der Waals surface area contributed by atoms with Crippen LogP contribution in [0.2, 0.25) is 0 Å². The van der Waals surface area contributed by atoms with E-state index in [1.165, 1.54) is 10.9 Å². The second-order valence-electron chi connectivity index (χ2n) is 3.60. The van der Waals surface area contributed by atoms with Crippen LogP contribution >= 0.6 is 0 Å². The molecule has 0 saturated carbocycles. The van der Waals surface area contributed by atoms with E-state index in [4.69, 9.17) is 5.73 Å². The van der Waals surface area contributed by atoms with Crippen molar-refractivity contribution < 1.29 is 9.59 Å². The Morgan fingerprint density at radius 2 is 2.29 bits per heavy atom. The fourth-order valence-corrected chi connectivity index (χ4v) is 1.16. The number of anilines is 1. The third-order valence-corrected chi connectivity index (χ3v) is 2.26. The molecule has 0 aliphatic rings. The first kappa shape index (κ1) is 13.2. The fraction of sp³-hybridized carbons (Fsp3) is 0.500. The van der Waals surface area contributed by atoms with Gasteiger partial charge in [0, 0.05) is 13.2 Å². The maximum absolute atomic E-state index is 11.5. The van der Waals surface area contributed by atoms with Crippen LogP contribution in [-0.2, 0) is 16.1 Å². The Morgan fingerprint density at radius 1 is 1.59 bits per heavy atom. The van der Waals surface area contributed by atoms with Crippen LogP contribution in [0.15, 0.2) is 12.4 Å².